The van der Waals surface area contributed by atoms with E-state index in [9.17, 15) is 9.59 Å². The van der Waals surface area contributed by atoms with Crippen molar-refractivity contribution in [1.29, 1.82) is 5.26 Å². The molecule has 0 atom stereocenters. The number of methoxy groups -OCH3 is 1. The maximum Gasteiger partial charge on any atom is 0.350 e. The maximum atomic E-state index is 11.9. The third-order valence-corrected chi connectivity index (χ3v) is 4.37. The van der Waals surface area contributed by atoms with Crippen molar-refractivity contribution < 1.29 is 19.1 Å². The van der Waals surface area contributed by atoms with Crippen molar-refractivity contribution in [2.75, 3.05) is 19.0 Å². The van der Waals surface area contributed by atoms with E-state index in [-0.39, 0.29) is 17.6 Å². The number of nitriles is 1. The normalized spacial score (nSPS) is 11.6. The molecule has 1 aromatic rings. The molecule has 0 unspecified atom stereocenters. The monoisotopic (exact) mass is 336 g/mol. The minimum Gasteiger partial charge on any atom is -0.465 e. The molecule has 23 heavy (non-hydrogen) atoms. The standard InChI is InChI=1S/C16H20N2O4S/c1-6-22-14(19)10(8-17)9-18-11-7-12(16(2,3)4)23-13(11)15(20)21-5/h7,9,18H,6H2,1-5H3. The van der Waals surface area contributed by atoms with Crippen LogP contribution in [-0.4, -0.2) is 25.7 Å². The Morgan fingerprint density at radius 2 is 2.09 bits per heavy atom. The number of ether oxygens (including phenoxy) is 2. The Labute approximate surface area is 139 Å². The summed E-state index contributed by atoms with van der Waals surface area (Å²) in [5, 5.41) is 11.8. The zero-order valence-electron chi connectivity index (χ0n) is 13.9. The van der Waals surface area contributed by atoms with Gasteiger partial charge in [-0.05, 0) is 18.4 Å². The highest BCUT2D eigenvalue weighted by molar-refractivity contribution is 7.14. The number of esters is 2. The Morgan fingerprint density at radius 3 is 2.57 bits per heavy atom. The average Bonchev–Trinajstić information content (AvgIpc) is 2.91. The van der Waals surface area contributed by atoms with Gasteiger partial charge in [-0.1, -0.05) is 20.8 Å². The van der Waals surface area contributed by atoms with Crippen molar-refractivity contribution in [2.24, 2.45) is 0 Å². The van der Waals surface area contributed by atoms with Gasteiger partial charge in [0.05, 0.1) is 19.4 Å². The first-order valence-electron chi connectivity index (χ1n) is 7.01. The molecule has 0 aliphatic carbocycles. The SMILES string of the molecule is CCOC(=O)C(C#N)=CNc1cc(C(C)(C)C)sc1C(=O)OC. The lowest BCUT2D eigenvalue weighted by Crippen LogP contribution is -2.09. The Bertz CT molecular complexity index is 663. The van der Waals surface area contributed by atoms with Gasteiger partial charge in [0, 0.05) is 11.1 Å². The molecule has 0 spiro atoms. The molecule has 0 aromatic carbocycles. The first-order valence-corrected chi connectivity index (χ1v) is 7.82. The summed E-state index contributed by atoms with van der Waals surface area (Å²) in [6.45, 7) is 7.92. The van der Waals surface area contributed by atoms with Crippen molar-refractivity contribution in [3.8, 4) is 6.07 Å². The van der Waals surface area contributed by atoms with Crippen molar-refractivity contribution in [1.82, 2.24) is 0 Å². The molecule has 1 heterocycles. The van der Waals surface area contributed by atoms with Crippen LogP contribution >= 0.6 is 11.3 Å². The number of hydrogen-bond donors (Lipinski definition) is 1. The number of carbonyl (C=O) groups excluding carboxylic acids is 2. The number of thiophene rings is 1. The second kappa shape index (κ2) is 7.79. The molecule has 1 N–H and O–H groups in total. The molecule has 0 aliphatic rings. The molecule has 124 valence electrons. The van der Waals surface area contributed by atoms with Crippen LogP contribution in [0.25, 0.3) is 0 Å². The summed E-state index contributed by atoms with van der Waals surface area (Å²) in [6.07, 6.45) is 1.24. The molecule has 1 rings (SSSR count). The van der Waals surface area contributed by atoms with Crippen molar-refractivity contribution in [3.05, 3.63) is 27.6 Å². The van der Waals surface area contributed by atoms with Gasteiger partial charge >= 0.3 is 11.9 Å². The third-order valence-electron chi connectivity index (χ3n) is 2.83. The summed E-state index contributed by atoms with van der Waals surface area (Å²) in [5.74, 6) is -1.19. The minimum atomic E-state index is -0.714. The Kier molecular flexibility index (Phi) is 6.34. The van der Waals surface area contributed by atoms with Crippen LogP contribution in [0.5, 0.6) is 0 Å². The van der Waals surface area contributed by atoms with Gasteiger partial charge in [0.15, 0.2) is 5.57 Å². The Balaban J connectivity index is 3.16. The Hall–Kier alpha value is -2.33. The van der Waals surface area contributed by atoms with Crippen molar-refractivity contribution >= 4 is 29.0 Å². The summed E-state index contributed by atoms with van der Waals surface area (Å²) in [5.41, 5.74) is 0.172. The minimum absolute atomic E-state index is 0.143. The van der Waals surface area contributed by atoms with Crippen LogP contribution in [0.4, 0.5) is 5.69 Å². The zero-order valence-corrected chi connectivity index (χ0v) is 14.7. The van der Waals surface area contributed by atoms with Gasteiger partial charge in [-0.15, -0.1) is 11.3 Å². The fraction of sp³-hybridized carbons (Fsp3) is 0.438. The van der Waals surface area contributed by atoms with Crippen LogP contribution in [0, 0.1) is 11.3 Å². The van der Waals surface area contributed by atoms with Crippen LogP contribution in [0.1, 0.15) is 42.2 Å². The fourth-order valence-corrected chi connectivity index (χ4v) is 2.71. The van der Waals surface area contributed by atoms with E-state index < -0.39 is 11.9 Å². The number of nitrogens with zero attached hydrogens (tertiary/aromatic N) is 1. The van der Waals surface area contributed by atoms with Crippen molar-refractivity contribution in [2.45, 2.75) is 33.1 Å². The van der Waals surface area contributed by atoms with E-state index in [4.69, 9.17) is 14.7 Å². The van der Waals surface area contributed by atoms with Gasteiger partial charge in [-0.3, -0.25) is 0 Å². The lowest BCUT2D eigenvalue weighted by molar-refractivity contribution is -0.138. The van der Waals surface area contributed by atoms with Crippen LogP contribution < -0.4 is 5.32 Å². The summed E-state index contributed by atoms with van der Waals surface area (Å²) in [4.78, 5) is 24.8. The molecule has 7 heteroatoms. The zero-order chi connectivity index (χ0) is 17.6. The molecule has 0 bridgehead atoms. The summed E-state index contributed by atoms with van der Waals surface area (Å²) in [7, 11) is 1.30. The summed E-state index contributed by atoms with van der Waals surface area (Å²) in [6, 6.07) is 3.58. The van der Waals surface area contributed by atoms with Gasteiger partial charge in [0.1, 0.15) is 10.9 Å². The lowest BCUT2D eigenvalue weighted by atomic mass is 9.94. The summed E-state index contributed by atoms with van der Waals surface area (Å²) < 4.78 is 9.56. The summed E-state index contributed by atoms with van der Waals surface area (Å²) >= 11 is 1.31. The highest BCUT2D eigenvalue weighted by Crippen LogP contribution is 2.35. The number of hydrogen-bond acceptors (Lipinski definition) is 7. The van der Waals surface area contributed by atoms with Gasteiger partial charge in [0.2, 0.25) is 0 Å². The van der Waals surface area contributed by atoms with Gasteiger partial charge < -0.3 is 14.8 Å². The number of rotatable bonds is 5. The molecule has 0 amide bonds. The van der Waals surface area contributed by atoms with Crippen LogP contribution in [0.15, 0.2) is 17.8 Å². The van der Waals surface area contributed by atoms with E-state index in [1.54, 1.807) is 13.0 Å². The maximum absolute atomic E-state index is 11.9. The van der Waals surface area contributed by atoms with E-state index >= 15 is 0 Å². The molecule has 1 aromatic heterocycles. The second-order valence-corrected chi connectivity index (χ2v) is 6.68. The smallest absolute Gasteiger partial charge is 0.350 e. The van der Waals surface area contributed by atoms with E-state index in [1.807, 2.05) is 26.8 Å². The molecule has 0 aliphatic heterocycles. The molecular weight excluding hydrogens is 316 g/mol. The first kappa shape index (κ1) is 18.7. The number of carbonyl (C=O) groups is 2. The van der Waals surface area contributed by atoms with E-state index in [0.717, 1.165) is 4.88 Å². The van der Waals surface area contributed by atoms with E-state index in [0.29, 0.717) is 10.6 Å². The average molecular weight is 336 g/mol. The van der Waals surface area contributed by atoms with Crippen LogP contribution in [0.3, 0.4) is 0 Å². The van der Waals surface area contributed by atoms with Gasteiger partial charge in [-0.25, -0.2) is 9.59 Å². The molecule has 6 nitrogen and oxygen atoms in total. The Morgan fingerprint density at radius 1 is 1.43 bits per heavy atom. The quantitative estimate of drug-likeness (QED) is 0.504. The topological polar surface area (TPSA) is 88.4 Å². The number of nitrogens with one attached hydrogen (secondary N) is 1. The van der Waals surface area contributed by atoms with Crippen LogP contribution in [-0.2, 0) is 19.7 Å². The van der Waals surface area contributed by atoms with Gasteiger partial charge in [0.25, 0.3) is 0 Å². The predicted molar refractivity (Wildman–Crippen MR) is 88.3 cm³/mol. The molecule has 0 fully saturated rings. The largest absolute Gasteiger partial charge is 0.465 e. The van der Waals surface area contributed by atoms with Crippen LogP contribution in [0.2, 0.25) is 0 Å². The third kappa shape index (κ3) is 4.83. The van der Waals surface area contributed by atoms with Crippen molar-refractivity contribution in [3.63, 3.8) is 0 Å². The predicted octanol–water partition coefficient (Wildman–Crippen LogP) is 3.21. The lowest BCUT2D eigenvalue weighted by Gasteiger charge is -2.15. The molecule has 0 saturated heterocycles. The molecular formula is C16H20N2O4S. The molecule has 0 radical (unpaired) electrons. The highest BCUT2D eigenvalue weighted by Gasteiger charge is 2.23. The second-order valence-electron chi connectivity index (χ2n) is 5.63. The highest BCUT2D eigenvalue weighted by atomic mass is 32.1. The van der Waals surface area contributed by atoms with Gasteiger partial charge in [-0.2, -0.15) is 5.26 Å². The van der Waals surface area contributed by atoms with E-state index in [2.05, 4.69) is 5.32 Å². The first-order chi connectivity index (χ1) is 10.7. The fourth-order valence-electron chi connectivity index (χ4n) is 1.61. The van der Waals surface area contributed by atoms with E-state index in [1.165, 1.54) is 24.6 Å². The number of anilines is 1. The molecule has 0 saturated carbocycles.